The van der Waals surface area contributed by atoms with Crippen LogP contribution in [0.25, 0.3) is 0 Å². The van der Waals surface area contributed by atoms with E-state index in [9.17, 15) is 26.7 Å². The van der Waals surface area contributed by atoms with Crippen LogP contribution in [0.3, 0.4) is 0 Å². The number of hydrogen-bond acceptors (Lipinski definition) is 6. The zero-order valence-electron chi connectivity index (χ0n) is 12.2. The summed E-state index contributed by atoms with van der Waals surface area (Å²) in [5, 5.41) is 6.74. The van der Waals surface area contributed by atoms with Crippen LogP contribution in [-0.2, 0) is 18.9 Å². The summed E-state index contributed by atoms with van der Waals surface area (Å²) in [6.45, 7) is 0. The molecule has 4 rings (SSSR count). The smallest absolute Gasteiger partial charge is 0.415 e. The quantitative estimate of drug-likeness (QED) is 0.257. The van der Waals surface area contributed by atoms with Crippen molar-refractivity contribution in [3.05, 3.63) is 0 Å². The topological polar surface area (TPSA) is 65.0 Å². The van der Waals surface area contributed by atoms with Crippen LogP contribution in [0.15, 0.2) is 0 Å². The van der Waals surface area contributed by atoms with E-state index in [0.29, 0.717) is 12.8 Å². The van der Waals surface area contributed by atoms with Gasteiger partial charge in [-0.15, -0.1) is 4.33 Å². The van der Waals surface area contributed by atoms with Crippen molar-refractivity contribution < 1.29 is 46.1 Å². The average molecular weight is 378 g/mol. The molecule has 2 atom stereocenters. The van der Waals surface area contributed by atoms with Crippen molar-refractivity contribution >= 4 is 18.0 Å². The number of ether oxygens (including phenoxy) is 1. The Labute approximate surface area is 137 Å². The molecule has 0 radical (unpaired) electrons. The number of carbonyl (C=O) groups excluding carboxylic acids is 1. The standard InChI is InChI=1S/C13H15F5O5S/c14-12(15,24-23-22-20)10(19)21-9-7-1-6-2-8(9)5-11(3-6,4-7)13(16,17)18/h6-9,20H,1-5H2. The first-order valence-corrected chi connectivity index (χ1v) is 8.14. The molecular weight excluding hydrogens is 363 g/mol. The predicted molar refractivity (Wildman–Crippen MR) is 69.3 cm³/mol. The fourth-order valence-corrected chi connectivity index (χ4v) is 5.03. The summed E-state index contributed by atoms with van der Waals surface area (Å²) in [5.74, 6) is -3.17. The van der Waals surface area contributed by atoms with E-state index in [1.54, 1.807) is 0 Å². The third-order valence-electron chi connectivity index (χ3n) is 5.44. The highest BCUT2D eigenvalue weighted by Gasteiger charge is 2.66. The van der Waals surface area contributed by atoms with Gasteiger partial charge in [0.05, 0.1) is 5.41 Å². The van der Waals surface area contributed by atoms with Gasteiger partial charge < -0.3 is 4.74 Å². The van der Waals surface area contributed by atoms with Gasteiger partial charge in [-0.1, -0.05) is 5.04 Å². The number of rotatable bonds is 5. The number of hydrogen-bond donors (Lipinski definition) is 1. The third kappa shape index (κ3) is 2.99. The second-order valence-electron chi connectivity index (χ2n) is 6.86. The molecule has 4 bridgehead atoms. The molecule has 0 heterocycles. The van der Waals surface area contributed by atoms with Gasteiger partial charge in [-0.2, -0.15) is 22.0 Å². The van der Waals surface area contributed by atoms with Crippen LogP contribution < -0.4 is 0 Å². The fourth-order valence-electron chi connectivity index (χ4n) is 4.80. The molecule has 0 aromatic rings. The molecule has 0 saturated heterocycles. The SMILES string of the molecule is O=C(OC1C2CC3CC1CC(C(F)(F)F)(C3)C2)C(F)(F)SOOO. The van der Waals surface area contributed by atoms with Crippen molar-refractivity contribution in [2.24, 2.45) is 23.2 Å². The van der Waals surface area contributed by atoms with E-state index in [-0.39, 0.29) is 25.2 Å². The van der Waals surface area contributed by atoms with Crippen LogP contribution in [0.5, 0.6) is 0 Å². The Morgan fingerprint density at radius 1 is 1.08 bits per heavy atom. The molecule has 2 unspecified atom stereocenters. The first-order chi connectivity index (χ1) is 11.1. The zero-order chi connectivity index (χ0) is 17.8. The lowest BCUT2D eigenvalue weighted by Gasteiger charge is -2.59. The molecule has 4 fully saturated rings. The van der Waals surface area contributed by atoms with Crippen LogP contribution in [0.2, 0.25) is 0 Å². The first-order valence-electron chi connectivity index (χ1n) is 7.39. The highest BCUT2D eigenvalue weighted by molar-refractivity contribution is 7.96. The summed E-state index contributed by atoms with van der Waals surface area (Å²) >= 11 is -0.744. The van der Waals surface area contributed by atoms with E-state index < -0.39 is 52.8 Å². The van der Waals surface area contributed by atoms with E-state index in [2.05, 4.69) is 9.37 Å². The van der Waals surface area contributed by atoms with Crippen LogP contribution >= 0.6 is 12.0 Å². The molecule has 4 aliphatic carbocycles. The minimum absolute atomic E-state index is 0.0673. The molecular formula is C13H15F5O5S. The summed E-state index contributed by atoms with van der Waals surface area (Å²) in [7, 11) is 0. The molecule has 0 aromatic heterocycles. The van der Waals surface area contributed by atoms with Crippen molar-refractivity contribution in [2.45, 2.75) is 49.6 Å². The van der Waals surface area contributed by atoms with Crippen molar-refractivity contribution in [3.8, 4) is 0 Å². The second-order valence-corrected chi connectivity index (χ2v) is 7.68. The molecule has 4 aliphatic rings. The molecule has 0 aromatic carbocycles. The zero-order valence-corrected chi connectivity index (χ0v) is 13.0. The van der Waals surface area contributed by atoms with Crippen molar-refractivity contribution in [1.82, 2.24) is 0 Å². The summed E-state index contributed by atoms with van der Waals surface area (Å²) in [4.78, 5) is 11.6. The van der Waals surface area contributed by atoms with Crippen LogP contribution in [0, 0.1) is 23.2 Å². The highest BCUT2D eigenvalue weighted by Crippen LogP contribution is 2.65. The van der Waals surface area contributed by atoms with E-state index in [4.69, 9.17) is 9.99 Å². The molecule has 138 valence electrons. The average Bonchev–Trinajstić information content (AvgIpc) is 2.47. The Kier molecular flexibility index (Phi) is 4.51. The van der Waals surface area contributed by atoms with Gasteiger partial charge in [-0.3, -0.25) is 0 Å². The third-order valence-corrected chi connectivity index (χ3v) is 5.94. The van der Waals surface area contributed by atoms with E-state index >= 15 is 0 Å². The maximum Gasteiger partial charge on any atom is 0.415 e. The monoisotopic (exact) mass is 378 g/mol. The van der Waals surface area contributed by atoms with Crippen LogP contribution in [0.1, 0.15) is 32.1 Å². The Hall–Kier alpha value is -0.650. The Morgan fingerprint density at radius 3 is 2.17 bits per heavy atom. The van der Waals surface area contributed by atoms with Gasteiger partial charge in [0.2, 0.25) is 0 Å². The van der Waals surface area contributed by atoms with Gasteiger partial charge in [-0.05, 0) is 49.9 Å². The number of esters is 1. The van der Waals surface area contributed by atoms with Crippen molar-refractivity contribution in [2.75, 3.05) is 0 Å². The lowest BCUT2D eigenvalue weighted by Crippen LogP contribution is -2.59. The Bertz CT molecular complexity index is 497. The Balaban J connectivity index is 1.71. The maximum atomic E-state index is 13.5. The van der Waals surface area contributed by atoms with Gasteiger partial charge in [0, 0.05) is 0 Å². The van der Waals surface area contributed by atoms with Gasteiger partial charge in [0.25, 0.3) is 0 Å². The summed E-state index contributed by atoms with van der Waals surface area (Å²) < 4.78 is 75.7. The van der Waals surface area contributed by atoms with Crippen molar-refractivity contribution in [1.29, 1.82) is 0 Å². The second kappa shape index (κ2) is 5.96. The molecule has 0 spiro atoms. The number of alkyl halides is 5. The minimum atomic E-state index is -4.34. The summed E-state index contributed by atoms with van der Waals surface area (Å²) in [6.07, 6.45) is -4.73. The van der Waals surface area contributed by atoms with Gasteiger partial charge in [-0.25, -0.2) is 10.1 Å². The normalized spacial score (nSPS) is 38.4. The lowest BCUT2D eigenvalue weighted by molar-refractivity contribution is -0.433. The highest BCUT2D eigenvalue weighted by atomic mass is 32.2. The van der Waals surface area contributed by atoms with Crippen LogP contribution in [0.4, 0.5) is 22.0 Å². The molecule has 4 saturated carbocycles. The van der Waals surface area contributed by atoms with E-state index in [1.165, 1.54) is 0 Å². The molecule has 1 N–H and O–H groups in total. The Morgan fingerprint density at radius 2 is 1.67 bits per heavy atom. The lowest BCUT2D eigenvalue weighted by atomic mass is 9.48. The number of halogens is 5. The minimum Gasteiger partial charge on any atom is -0.457 e. The molecule has 24 heavy (non-hydrogen) atoms. The summed E-state index contributed by atoms with van der Waals surface area (Å²) in [6, 6.07) is 0. The summed E-state index contributed by atoms with van der Waals surface area (Å²) in [5.41, 5.74) is -1.78. The predicted octanol–water partition coefficient (Wildman–Crippen LogP) is 3.95. The largest absolute Gasteiger partial charge is 0.457 e. The molecule has 5 nitrogen and oxygen atoms in total. The maximum absolute atomic E-state index is 13.5. The molecule has 11 heteroatoms. The fraction of sp³-hybridized carbons (Fsp3) is 0.923. The van der Waals surface area contributed by atoms with E-state index in [0.717, 1.165) is 0 Å². The van der Waals surface area contributed by atoms with Gasteiger partial charge in [0.15, 0.2) is 0 Å². The molecule has 0 aliphatic heterocycles. The van der Waals surface area contributed by atoms with Gasteiger partial charge >= 0.3 is 17.4 Å². The first kappa shape index (κ1) is 18.2. The molecule has 0 amide bonds. The van der Waals surface area contributed by atoms with Gasteiger partial charge in [0.1, 0.15) is 18.1 Å². The number of carbonyl (C=O) groups is 1. The van der Waals surface area contributed by atoms with E-state index in [1.807, 2.05) is 0 Å². The van der Waals surface area contributed by atoms with Crippen LogP contribution in [-0.4, -0.2) is 28.8 Å². The van der Waals surface area contributed by atoms with Crippen molar-refractivity contribution in [3.63, 3.8) is 0 Å².